The van der Waals surface area contributed by atoms with Gasteiger partial charge >= 0.3 is 0 Å². The van der Waals surface area contributed by atoms with E-state index in [0.29, 0.717) is 24.9 Å². The van der Waals surface area contributed by atoms with E-state index in [1.807, 2.05) is 6.92 Å². The van der Waals surface area contributed by atoms with Crippen molar-refractivity contribution < 1.29 is 14.2 Å². The summed E-state index contributed by atoms with van der Waals surface area (Å²) in [4.78, 5) is 2.34. The molecule has 0 heterocycles. The molecule has 2 rings (SSSR count). The Kier molecular flexibility index (Phi) is 6.46. The van der Waals surface area contributed by atoms with Crippen LogP contribution in [-0.2, 0) is 0 Å². The smallest absolute Gasteiger partial charge is 0.123 e. The van der Waals surface area contributed by atoms with Gasteiger partial charge < -0.3 is 9.84 Å². The monoisotopic (exact) mass is 295 g/mol. The van der Waals surface area contributed by atoms with Crippen LogP contribution >= 0.6 is 0 Å². The Morgan fingerprint density at radius 1 is 1.24 bits per heavy atom. The van der Waals surface area contributed by atoms with Gasteiger partial charge in [-0.3, -0.25) is 4.90 Å². The van der Waals surface area contributed by atoms with Crippen molar-refractivity contribution >= 4 is 0 Å². The van der Waals surface area contributed by atoms with Crippen LogP contribution in [0.15, 0.2) is 24.3 Å². The van der Waals surface area contributed by atoms with E-state index in [1.54, 1.807) is 12.1 Å². The highest BCUT2D eigenvalue weighted by Gasteiger charge is 2.21. The number of hydrogen-bond acceptors (Lipinski definition) is 3. The predicted octanol–water partition coefficient (Wildman–Crippen LogP) is 3.22. The lowest BCUT2D eigenvalue weighted by Crippen LogP contribution is -2.43. The second kappa shape index (κ2) is 8.35. The van der Waals surface area contributed by atoms with Gasteiger partial charge in [-0.25, -0.2) is 4.39 Å². The molecule has 0 spiro atoms. The second-order valence-corrected chi connectivity index (χ2v) is 5.94. The topological polar surface area (TPSA) is 32.7 Å². The summed E-state index contributed by atoms with van der Waals surface area (Å²) in [5.41, 5.74) is 0. The molecule has 1 aromatic rings. The molecule has 1 aliphatic rings. The number of rotatable bonds is 7. The molecule has 0 aliphatic heterocycles. The molecule has 3 nitrogen and oxygen atoms in total. The van der Waals surface area contributed by atoms with Crippen LogP contribution in [0, 0.1) is 5.82 Å². The van der Waals surface area contributed by atoms with Crippen molar-refractivity contribution in [1.82, 2.24) is 4.90 Å². The molecular weight excluding hydrogens is 269 g/mol. The molecule has 0 amide bonds. The van der Waals surface area contributed by atoms with Gasteiger partial charge in [0.2, 0.25) is 0 Å². The minimum Gasteiger partial charge on any atom is -0.492 e. The lowest BCUT2D eigenvalue weighted by atomic mass is 9.94. The maximum absolute atomic E-state index is 12.8. The van der Waals surface area contributed by atoms with Gasteiger partial charge in [-0.2, -0.15) is 0 Å². The van der Waals surface area contributed by atoms with Crippen LogP contribution in [0.4, 0.5) is 4.39 Å². The van der Waals surface area contributed by atoms with Crippen LogP contribution in [0.2, 0.25) is 0 Å². The summed E-state index contributed by atoms with van der Waals surface area (Å²) in [5.74, 6) is 0.442. The van der Waals surface area contributed by atoms with E-state index in [-0.39, 0.29) is 11.9 Å². The van der Waals surface area contributed by atoms with Crippen LogP contribution in [0.5, 0.6) is 5.75 Å². The van der Waals surface area contributed by atoms with Crippen molar-refractivity contribution in [3.63, 3.8) is 0 Å². The van der Waals surface area contributed by atoms with Crippen LogP contribution in [0.25, 0.3) is 0 Å². The molecular formula is C17H26FNO2. The molecule has 1 saturated carbocycles. The number of halogens is 1. The Hall–Kier alpha value is -1.13. The van der Waals surface area contributed by atoms with Crippen LogP contribution < -0.4 is 4.74 Å². The molecule has 4 heteroatoms. The summed E-state index contributed by atoms with van der Waals surface area (Å²) in [6, 6.07) is 6.67. The zero-order valence-electron chi connectivity index (χ0n) is 12.8. The number of benzene rings is 1. The third kappa shape index (κ3) is 5.64. The number of aliphatic hydroxyl groups is 1. The number of nitrogens with zero attached hydrogens (tertiary/aromatic N) is 1. The third-order valence-electron chi connectivity index (χ3n) is 4.05. The molecule has 0 bridgehead atoms. The molecule has 1 atom stereocenters. The van der Waals surface area contributed by atoms with E-state index in [9.17, 15) is 9.50 Å². The Morgan fingerprint density at radius 3 is 2.52 bits per heavy atom. The van der Waals surface area contributed by atoms with Gasteiger partial charge in [0.15, 0.2) is 0 Å². The van der Waals surface area contributed by atoms with Crippen molar-refractivity contribution in [2.45, 2.75) is 51.2 Å². The van der Waals surface area contributed by atoms with Gasteiger partial charge in [0, 0.05) is 19.1 Å². The van der Waals surface area contributed by atoms with Gasteiger partial charge in [0.1, 0.15) is 18.2 Å². The van der Waals surface area contributed by atoms with Crippen LogP contribution in [0.3, 0.4) is 0 Å². The fraction of sp³-hybridized carbons (Fsp3) is 0.647. The van der Waals surface area contributed by atoms with Gasteiger partial charge in [-0.05, 0) is 44.0 Å². The summed E-state index contributed by atoms with van der Waals surface area (Å²) in [6.07, 6.45) is 5.98. The van der Waals surface area contributed by atoms with Crippen molar-refractivity contribution in [2.75, 3.05) is 19.7 Å². The summed E-state index contributed by atoms with van der Waals surface area (Å²) in [7, 11) is 0. The zero-order chi connectivity index (χ0) is 15.1. The highest BCUT2D eigenvalue weighted by Crippen LogP contribution is 2.22. The zero-order valence-corrected chi connectivity index (χ0v) is 12.8. The maximum Gasteiger partial charge on any atom is 0.123 e. The molecule has 1 unspecified atom stereocenters. The third-order valence-corrected chi connectivity index (χ3v) is 4.05. The Balaban J connectivity index is 1.81. The first-order valence-electron chi connectivity index (χ1n) is 7.95. The molecule has 1 N–H and O–H groups in total. The molecule has 0 saturated heterocycles. The summed E-state index contributed by atoms with van der Waals surface area (Å²) >= 11 is 0. The standard InChI is InChI=1S/C17H26FNO2/c1-14(20)13-19(16-5-3-2-4-6-16)11-12-21-17-9-7-15(18)8-10-17/h7-10,14,16,20H,2-6,11-13H2,1H3. The first kappa shape index (κ1) is 16.2. The van der Waals surface area contributed by atoms with Crippen molar-refractivity contribution in [2.24, 2.45) is 0 Å². The summed E-state index contributed by atoms with van der Waals surface area (Å²) in [6.45, 7) is 3.88. The molecule has 0 radical (unpaired) electrons. The number of aliphatic hydroxyl groups excluding tert-OH is 1. The van der Waals surface area contributed by atoms with E-state index >= 15 is 0 Å². The summed E-state index contributed by atoms with van der Waals surface area (Å²) < 4.78 is 18.5. The van der Waals surface area contributed by atoms with Crippen molar-refractivity contribution in [3.05, 3.63) is 30.1 Å². The quantitative estimate of drug-likeness (QED) is 0.838. The van der Waals surface area contributed by atoms with Crippen LogP contribution in [-0.4, -0.2) is 41.8 Å². The minimum absolute atomic E-state index is 0.250. The maximum atomic E-state index is 12.8. The van der Waals surface area contributed by atoms with Gasteiger partial charge in [-0.1, -0.05) is 19.3 Å². The van der Waals surface area contributed by atoms with E-state index in [2.05, 4.69) is 4.90 Å². The lowest BCUT2D eigenvalue weighted by Gasteiger charge is -2.35. The van der Waals surface area contributed by atoms with Gasteiger partial charge in [-0.15, -0.1) is 0 Å². The van der Waals surface area contributed by atoms with E-state index in [4.69, 9.17) is 4.74 Å². The Morgan fingerprint density at radius 2 is 1.90 bits per heavy atom. The molecule has 21 heavy (non-hydrogen) atoms. The normalized spacial score (nSPS) is 17.9. The first-order valence-corrected chi connectivity index (χ1v) is 7.95. The molecule has 1 aromatic carbocycles. The SMILES string of the molecule is CC(O)CN(CCOc1ccc(F)cc1)C1CCCCC1. The van der Waals surface area contributed by atoms with Crippen molar-refractivity contribution in [1.29, 1.82) is 0 Å². The summed E-state index contributed by atoms with van der Waals surface area (Å²) in [5, 5.41) is 9.68. The second-order valence-electron chi connectivity index (χ2n) is 5.94. The lowest BCUT2D eigenvalue weighted by molar-refractivity contribution is 0.0713. The average Bonchev–Trinajstić information content (AvgIpc) is 2.49. The van der Waals surface area contributed by atoms with Gasteiger partial charge in [0.05, 0.1) is 6.10 Å². The van der Waals surface area contributed by atoms with E-state index in [1.165, 1.54) is 44.2 Å². The van der Waals surface area contributed by atoms with E-state index < -0.39 is 0 Å². The molecule has 118 valence electrons. The fourth-order valence-corrected chi connectivity index (χ4v) is 3.02. The molecule has 1 aliphatic carbocycles. The number of hydrogen-bond donors (Lipinski definition) is 1. The predicted molar refractivity (Wildman–Crippen MR) is 82.0 cm³/mol. The minimum atomic E-state index is -0.322. The Bertz CT molecular complexity index is 402. The van der Waals surface area contributed by atoms with Crippen LogP contribution in [0.1, 0.15) is 39.0 Å². The fourth-order valence-electron chi connectivity index (χ4n) is 3.02. The van der Waals surface area contributed by atoms with Crippen molar-refractivity contribution in [3.8, 4) is 5.75 Å². The highest BCUT2D eigenvalue weighted by molar-refractivity contribution is 5.21. The van der Waals surface area contributed by atoms with E-state index in [0.717, 1.165) is 6.54 Å². The first-order chi connectivity index (χ1) is 10.1. The average molecular weight is 295 g/mol. The molecule has 1 fully saturated rings. The molecule has 0 aromatic heterocycles. The van der Waals surface area contributed by atoms with Gasteiger partial charge in [0.25, 0.3) is 0 Å². The largest absolute Gasteiger partial charge is 0.492 e. The highest BCUT2D eigenvalue weighted by atomic mass is 19.1. The Labute approximate surface area is 126 Å². The number of ether oxygens (including phenoxy) is 1.